The number of nitrogens with zero attached hydrogens (tertiary/aromatic N) is 1. The van der Waals surface area contributed by atoms with E-state index in [9.17, 15) is 9.59 Å². The van der Waals surface area contributed by atoms with Gasteiger partial charge in [-0.2, -0.15) is 0 Å². The average Bonchev–Trinajstić information content (AvgIpc) is 2.65. The van der Waals surface area contributed by atoms with Crippen LogP contribution < -0.4 is 16.4 Å². The molecule has 0 aliphatic heterocycles. The fourth-order valence-corrected chi connectivity index (χ4v) is 2.61. The lowest BCUT2D eigenvalue weighted by Gasteiger charge is -2.15. The van der Waals surface area contributed by atoms with Crippen LogP contribution in [0.15, 0.2) is 54.9 Å². The van der Waals surface area contributed by atoms with Gasteiger partial charge in [0, 0.05) is 31.8 Å². The lowest BCUT2D eigenvalue weighted by atomic mass is 10.1. The van der Waals surface area contributed by atoms with Crippen LogP contribution >= 0.6 is 0 Å². The minimum Gasteiger partial charge on any atom is -0.368 e. The number of hydrogen-bond donors (Lipinski definition) is 3. The average molecular weight is 354 g/mol. The number of benzene rings is 1. The predicted molar refractivity (Wildman–Crippen MR) is 101 cm³/mol. The standard InChI is InChI=1S/C20H26N4O2/c21-20(26)18(13-16-7-2-1-3-8-16)24-19(25)10-4-5-11-22-14-17-9-6-12-23-15-17/h1-3,6-9,12,15,18,22H,4-5,10-11,13-14H2,(H2,21,26)(H,24,25)/t18-/m0/s1. The van der Waals surface area contributed by atoms with Gasteiger partial charge in [0.2, 0.25) is 11.8 Å². The molecule has 2 aromatic rings. The normalized spacial score (nSPS) is 11.7. The summed E-state index contributed by atoms with van der Waals surface area (Å²) >= 11 is 0. The van der Waals surface area contributed by atoms with Crippen molar-refractivity contribution < 1.29 is 9.59 Å². The van der Waals surface area contributed by atoms with Crippen LogP contribution in [0.2, 0.25) is 0 Å². The van der Waals surface area contributed by atoms with Gasteiger partial charge >= 0.3 is 0 Å². The van der Waals surface area contributed by atoms with E-state index in [0.29, 0.717) is 12.8 Å². The molecule has 0 spiro atoms. The van der Waals surface area contributed by atoms with Crippen molar-refractivity contribution in [3.05, 3.63) is 66.0 Å². The third kappa shape index (κ3) is 7.44. The van der Waals surface area contributed by atoms with E-state index in [4.69, 9.17) is 5.73 Å². The van der Waals surface area contributed by atoms with Gasteiger partial charge in [0.15, 0.2) is 0 Å². The molecule has 1 atom stereocenters. The van der Waals surface area contributed by atoms with Crippen LogP contribution in [0.3, 0.4) is 0 Å². The second-order valence-corrected chi connectivity index (χ2v) is 6.21. The summed E-state index contributed by atoms with van der Waals surface area (Å²) in [5.41, 5.74) is 7.52. The Balaban J connectivity index is 1.62. The molecule has 0 unspecified atom stereocenters. The van der Waals surface area contributed by atoms with E-state index in [2.05, 4.69) is 15.6 Å². The number of aromatic nitrogens is 1. The molecule has 0 bridgehead atoms. The highest BCUT2D eigenvalue weighted by Gasteiger charge is 2.18. The van der Waals surface area contributed by atoms with Crippen molar-refractivity contribution in [1.82, 2.24) is 15.6 Å². The molecule has 4 N–H and O–H groups in total. The number of nitrogens with one attached hydrogen (secondary N) is 2. The highest BCUT2D eigenvalue weighted by atomic mass is 16.2. The van der Waals surface area contributed by atoms with Gasteiger partial charge in [0.25, 0.3) is 0 Å². The van der Waals surface area contributed by atoms with E-state index in [0.717, 1.165) is 37.1 Å². The zero-order valence-electron chi connectivity index (χ0n) is 14.9. The van der Waals surface area contributed by atoms with E-state index in [1.54, 1.807) is 6.20 Å². The number of hydrogen-bond acceptors (Lipinski definition) is 4. The van der Waals surface area contributed by atoms with Gasteiger partial charge in [-0.3, -0.25) is 14.6 Å². The smallest absolute Gasteiger partial charge is 0.240 e. The van der Waals surface area contributed by atoms with E-state index < -0.39 is 11.9 Å². The minimum absolute atomic E-state index is 0.142. The molecule has 0 saturated carbocycles. The molecular weight excluding hydrogens is 328 g/mol. The lowest BCUT2D eigenvalue weighted by molar-refractivity contribution is -0.127. The summed E-state index contributed by atoms with van der Waals surface area (Å²) in [7, 11) is 0. The molecule has 0 fully saturated rings. The van der Waals surface area contributed by atoms with Gasteiger partial charge in [0.1, 0.15) is 6.04 Å². The topological polar surface area (TPSA) is 97.1 Å². The molecule has 1 aromatic heterocycles. The predicted octanol–water partition coefficient (Wildman–Crippen LogP) is 1.55. The Morgan fingerprint density at radius 3 is 2.50 bits per heavy atom. The third-order valence-electron chi connectivity index (χ3n) is 4.02. The highest BCUT2D eigenvalue weighted by molar-refractivity contribution is 5.86. The fourth-order valence-electron chi connectivity index (χ4n) is 2.61. The molecule has 2 rings (SSSR count). The largest absolute Gasteiger partial charge is 0.368 e. The summed E-state index contributed by atoms with van der Waals surface area (Å²) < 4.78 is 0. The number of carbonyl (C=O) groups is 2. The van der Waals surface area contributed by atoms with Crippen LogP contribution in [0.4, 0.5) is 0 Å². The van der Waals surface area contributed by atoms with Gasteiger partial charge in [-0.25, -0.2) is 0 Å². The van der Waals surface area contributed by atoms with Crippen LogP contribution in [0.25, 0.3) is 0 Å². The van der Waals surface area contributed by atoms with Crippen LogP contribution in [-0.2, 0) is 22.6 Å². The molecule has 6 nitrogen and oxygen atoms in total. The molecule has 0 aliphatic carbocycles. The third-order valence-corrected chi connectivity index (χ3v) is 4.02. The first kappa shape index (κ1) is 19.6. The van der Waals surface area contributed by atoms with Crippen molar-refractivity contribution in [1.29, 1.82) is 0 Å². The number of primary amides is 1. The van der Waals surface area contributed by atoms with Gasteiger partial charge in [0.05, 0.1) is 0 Å². The first-order valence-electron chi connectivity index (χ1n) is 8.87. The number of carbonyl (C=O) groups excluding carboxylic acids is 2. The quantitative estimate of drug-likeness (QED) is 0.533. The SMILES string of the molecule is NC(=O)[C@H](Cc1ccccc1)NC(=O)CCCCNCc1cccnc1. The highest BCUT2D eigenvalue weighted by Crippen LogP contribution is 2.04. The molecule has 0 aliphatic rings. The Hall–Kier alpha value is -2.73. The Bertz CT molecular complexity index is 677. The van der Waals surface area contributed by atoms with E-state index in [1.807, 2.05) is 48.7 Å². The number of amides is 2. The summed E-state index contributed by atoms with van der Waals surface area (Å²) in [5.74, 6) is -0.655. The molecule has 0 radical (unpaired) electrons. The lowest BCUT2D eigenvalue weighted by Crippen LogP contribution is -2.45. The number of rotatable bonds is 11. The van der Waals surface area contributed by atoms with Gasteiger partial charge in [-0.15, -0.1) is 0 Å². The molecule has 2 amide bonds. The first-order chi connectivity index (χ1) is 12.6. The van der Waals surface area contributed by atoms with Crippen LogP contribution in [0.5, 0.6) is 0 Å². The zero-order chi connectivity index (χ0) is 18.6. The van der Waals surface area contributed by atoms with Crippen molar-refractivity contribution in [2.24, 2.45) is 5.73 Å². The molecular formula is C20H26N4O2. The first-order valence-corrected chi connectivity index (χ1v) is 8.87. The Kier molecular flexibility index (Phi) is 8.29. The molecule has 0 saturated heterocycles. The van der Waals surface area contributed by atoms with E-state index in [-0.39, 0.29) is 5.91 Å². The van der Waals surface area contributed by atoms with Gasteiger partial charge in [-0.05, 0) is 36.6 Å². The van der Waals surface area contributed by atoms with E-state index >= 15 is 0 Å². The molecule has 26 heavy (non-hydrogen) atoms. The molecule has 1 heterocycles. The van der Waals surface area contributed by atoms with Gasteiger partial charge < -0.3 is 16.4 Å². The molecule has 138 valence electrons. The van der Waals surface area contributed by atoms with Crippen LogP contribution in [0, 0.1) is 0 Å². The second kappa shape index (κ2) is 11.0. The minimum atomic E-state index is -0.673. The van der Waals surface area contributed by atoms with Gasteiger partial charge in [-0.1, -0.05) is 36.4 Å². The molecule has 1 aromatic carbocycles. The molecule has 6 heteroatoms. The van der Waals surface area contributed by atoms with Crippen molar-refractivity contribution in [3.8, 4) is 0 Å². The Morgan fingerprint density at radius 1 is 1.04 bits per heavy atom. The van der Waals surface area contributed by atoms with Crippen LogP contribution in [-0.4, -0.2) is 29.4 Å². The Morgan fingerprint density at radius 2 is 1.81 bits per heavy atom. The summed E-state index contributed by atoms with van der Waals surface area (Å²) in [6, 6.07) is 12.8. The maximum atomic E-state index is 12.1. The van der Waals surface area contributed by atoms with Crippen molar-refractivity contribution in [2.75, 3.05) is 6.54 Å². The number of unbranched alkanes of at least 4 members (excludes halogenated alkanes) is 1. The summed E-state index contributed by atoms with van der Waals surface area (Å²) in [4.78, 5) is 27.7. The van der Waals surface area contributed by atoms with Crippen molar-refractivity contribution in [2.45, 2.75) is 38.3 Å². The van der Waals surface area contributed by atoms with E-state index in [1.165, 1.54) is 0 Å². The summed E-state index contributed by atoms with van der Waals surface area (Å²) in [5, 5.41) is 6.06. The summed E-state index contributed by atoms with van der Waals surface area (Å²) in [6.07, 6.45) is 6.01. The second-order valence-electron chi connectivity index (χ2n) is 6.21. The summed E-state index contributed by atoms with van der Waals surface area (Å²) in [6.45, 7) is 1.59. The number of nitrogens with two attached hydrogens (primary N) is 1. The van der Waals surface area contributed by atoms with Crippen molar-refractivity contribution in [3.63, 3.8) is 0 Å². The van der Waals surface area contributed by atoms with Crippen LogP contribution in [0.1, 0.15) is 30.4 Å². The monoisotopic (exact) mass is 354 g/mol. The number of pyridine rings is 1. The fraction of sp³-hybridized carbons (Fsp3) is 0.350. The Labute approximate surface area is 154 Å². The zero-order valence-corrected chi connectivity index (χ0v) is 14.9. The maximum absolute atomic E-state index is 12.1. The maximum Gasteiger partial charge on any atom is 0.240 e. The van der Waals surface area contributed by atoms with Crippen molar-refractivity contribution >= 4 is 11.8 Å².